The Morgan fingerprint density at radius 2 is 0.722 bits per heavy atom. The first-order chi connectivity index (χ1) is 35.3. The number of anilines is 3. The normalized spacial score (nSPS) is 14.1. The molecule has 1 atom stereocenters. The molecular weight excluding hydrogens is 867 g/mol. The lowest BCUT2D eigenvalue weighted by atomic mass is 9.67. The topological polar surface area (TPSA) is 3.24 Å². The maximum absolute atomic E-state index is 2.43. The van der Waals surface area contributed by atoms with E-state index in [0.717, 1.165) is 17.1 Å². The van der Waals surface area contributed by atoms with Gasteiger partial charge in [-0.3, -0.25) is 0 Å². The Kier molecular flexibility index (Phi) is 10.4. The molecule has 1 aliphatic carbocycles. The lowest BCUT2D eigenvalue weighted by molar-refractivity contribution is 0.589. The number of hydrogen-bond acceptors (Lipinski definition) is 1. The van der Waals surface area contributed by atoms with E-state index in [1.807, 2.05) is 0 Å². The fourth-order valence-corrected chi connectivity index (χ4v) is 11.8. The molecule has 0 aliphatic heterocycles. The Morgan fingerprint density at radius 3 is 1.29 bits per heavy atom. The Balaban J connectivity index is 0.944. The van der Waals surface area contributed by atoms with Crippen LogP contribution in [0.25, 0.3) is 76.8 Å². The summed E-state index contributed by atoms with van der Waals surface area (Å²) in [6.07, 6.45) is 0. The first-order valence-electron chi connectivity index (χ1n) is 25.2. The summed E-state index contributed by atoms with van der Waals surface area (Å²) in [6, 6.07) is 99.3. The van der Waals surface area contributed by atoms with Crippen molar-refractivity contribution in [2.24, 2.45) is 0 Å². The van der Waals surface area contributed by atoms with Crippen molar-refractivity contribution < 1.29 is 0 Å². The quantitative estimate of drug-likeness (QED) is 0.147. The molecule has 1 aliphatic rings. The minimum Gasteiger partial charge on any atom is -0.311 e. The largest absolute Gasteiger partial charge is 0.311 e. The zero-order valence-corrected chi connectivity index (χ0v) is 40.9. The molecule has 0 N–H and O–H groups in total. The predicted molar refractivity (Wildman–Crippen MR) is 306 cm³/mol. The Morgan fingerprint density at radius 1 is 0.306 bits per heavy atom. The number of hydrogen-bond donors (Lipinski definition) is 0. The highest BCUT2D eigenvalue weighted by atomic mass is 15.1. The number of fused-ring (bicyclic) bond motifs is 6. The van der Waals surface area contributed by atoms with Gasteiger partial charge < -0.3 is 4.90 Å². The van der Waals surface area contributed by atoms with Crippen LogP contribution in [0.5, 0.6) is 0 Å². The van der Waals surface area contributed by atoms with Gasteiger partial charge in [-0.05, 0) is 153 Å². The smallest absolute Gasteiger partial charge is 0.0714 e. The van der Waals surface area contributed by atoms with Crippen molar-refractivity contribution in [2.75, 3.05) is 4.90 Å². The molecule has 0 saturated heterocycles. The average Bonchev–Trinajstić information content (AvgIpc) is 3.74. The van der Waals surface area contributed by atoms with Gasteiger partial charge in [0.15, 0.2) is 0 Å². The van der Waals surface area contributed by atoms with Crippen LogP contribution in [0.3, 0.4) is 0 Å². The van der Waals surface area contributed by atoms with E-state index in [2.05, 4.69) is 293 Å². The zero-order chi connectivity index (χ0) is 48.4. The van der Waals surface area contributed by atoms with Crippen LogP contribution in [0.15, 0.2) is 267 Å². The minimum absolute atomic E-state index is 0.0386. The molecule has 342 valence electrons. The fraction of sp³-hybridized carbons (Fsp3) is 0.0704. The van der Waals surface area contributed by atoms with E-state index in [0.29, 0.717) is 0 Å². The molecule has 72 heavy (non-hydrogen) atoms. The van der Waals surface area contributed by atoms with Crippen molar-refractivity contribution in [3.63, 3.8) is 0 Å². The highest BCUT2D eigenvalue weighted by Crippen LogP contribution is 2.59. The molecule has 0 spiro atoms. The first-order valence-corrected chi connectivity index (χ1v) is 25.2. The molecule has 0 heterocycles. The summed E-state index contributed by atoms with van der Waals surface area (Å²) in [6.45, 7) is 6.89. The monoisotopic (exact) mass is 919 g/mol. The fourth-order valence-electron chi connectivity index (χ4n) is 11.8. The van der Waals surface area contributed by atoms with Crippen molar-refractivity contribution in [3.05, 3.63) is 295 Å². The Bertz CT molecular complexity index is 3850. The second-order valence-electron chi connectivity index (χ2n) is 20.4. The minimum atomic E-state index is -0.532. The standard InChI is InChI=1S/C71H53N/c1-70(2,3)55-37-39-56(40-38-55)71(57-36-29-48-15-4-5-18-54(48)47-57)67-27-11-10-23-66(67)69-65(26-14-28-68(69)71)53-34-45-60(46-35-53)72(58-41-30-51(31-42-58)63-24-12-19-49-16-6-8-21-61(49)63)59-43-32-52(33-44-59)64-25-13-20-50-17-7-9-22-62(50)64/h4-47H,1-3H3. The molecule has 0 radical (unpaired) electrons. The molecule has 13 rings (SSSR count). The highest BCUT2D eigenvalue weighted by Gasteiger charge is 2.47. The van der Waals surface area contributed by atoms with Crippen LogP contribution >= 0.6 is 0 Å². The summed E-state index contributed by atoms with van der Waals surface area (Å²) >= 11 is 0. The summed E-state index contributed by atoms with van der Waals surface area (Å²) in [7, 11) is 0. The van der Waals surface area contributed by atoms with Crippen molar-refractivity contribution in [2.45, 2.75) is 31.6 Å². The molecular formula is C71H53N. The van der Waals surface area contributed by atoms with E-state index < -0.39 is 5.41 Å². The summed E-state index contributed by atoms with van der Waals surface area (Å²) < 4.78 is 0. The summed E-state index contributed by atoms with van der Waals surface area (Å²) in [5, 5.41) is 7.49. The van der Waals surface area contributed by atoms with Gasteiger partial charge in [0, 0.05) is 17.1 Å². The molecule has 1 unspecified atom stereocenters. The van der Waals surface area contributed by atoms with Gasteiger partial charge in [0.05, 0.1) is 5.41 Å². The summed E-state index contributed by atoms with van der Waals surface area (Å²) in [5.41, 5.74) is 19.1. The lowest BCUT2D eigenvalue weighted by Gasteiger charge is -2.34. The van der Waals surface area contributed by atoms with Crippen molar-refractivity contribution >= 4 is 49.4 Å². The van der Waals surface area contributed by atoms with E-state index in [4.69, 9.17) is 0 Å². The Hall–Kier alpha value is -8.78. The maximum Gasteiger partial charge on any atom is 0.0714 e. The number of benzene rings is 12. The van der Waals surface area contributed by atoms with E-state index in [1.165, 1.54) is 105 Å². The van der Waals surface area contributed by atoms with Crippen LogP contribution in [0.4, 0.5) is 17.1 Å². The van der Waals surface area contributed by atoms with Gasteiger partial charge in [0.1, 0.15) is 0 Å². The molecule has 12 aromatic rings. The lowest BCUT2D eigenvalue weighted by Crippen LogP contribution is -2.28. The van der Waals surface area contributed by atoms with Crippen LogP contribution < -0.4 is 4.90 Å². The molecule has 0 aromatic heterocycles. The van der Waals surface area contributed by atoms with Gasteiger partial charge in [0.2, 0.25) is 0 Å². The summed E-state index contributed by atoms with van der Waals surface area (Å²) in [4.78, 5) is 2.39. The molecule has 12 aromatic carbocycles. The molecule has 0 fully saturated rings. The average molecular weight is 920 g/mol. The van der Waals surface area contributed by atoms with Crippen LogP contribution in [0.2, 0.25) is 0 Å². The van der Waals surface area contributed by atoms with Crippen molar-refractivity contribution in [1.82, 2.24) is 0 Å². The number of rotatable bonds is 8. The van der Waals surface area contributed by atoms with Crippen LogP contribution in [0, 0.1) is 0 Å². The van der Waals surface area contributed by atoms with Gasteiger partial charge >= 0.3 is 0 Å². The third-order valence-electron chi connectivity index (χ3n) is 15.3. The molecule has 1 nitrogen and oxygen atoms in total. The van der Waals surface area contributed by atoms with Gasteiger partial charge in [-0.15, -0.1) is 0 Å². The molecule has 0 saturated carbocycles. The van der Waals surface area contributed by atoms with Crippen LogP contribution in [-0.2, 0) is 10.8 Å². The second kappa shape index (κ2) is 17.3. The number of nitrogens with zero attached hydrogens (tertiary/aromatic N) is 1. The maximum atomic E-state index is 2.43. The van der Waals surface area contributed by atoms with Gasteiger partial charge in [-0.25, -0.2) is 0 Å². The van der Waals surface area contributed by atoms with Gasteiger partial charge in [0.25, 0.3) is 0 Å². The SMILES string of the molecule is CC(C)(C)c1ccc(C2(c3ccc4ccccc4c3)c3ccccc3-c3c(-c4ccc(N(c5ccc(-c6cccc7ccccc67)cc5)c5ccc(-c6cccc7ccccc67)cc5)cc4)cccc32)cc1. The third kappa shape index (κ3) is 7.15. The third-order valence-corrected chi connectivity index (χ3v) is 15.3. The van der Waals surface area contributed by atoms with Crippen LogP contribution in [0.1, 0.15) is 48.6 Å². The van der Waals surface area contributed by atoms with Crippen LogP contribution in [-0.4, -0.2) is 0 Å². The van der Waals surface area contributed by atoms with Gasteiger partial charge in [-0.2, -0.15) is 0 Å². The van der Waals surface area contributed by atoms with Crippen molar-refractivity contribution in [3.8, 4) is 44.5 Å². The first kappa shape index (κ1) is 43.3. The zero-order valence-electron chi connectivity index (χ0n) is 40.9. The highest BCUT2D eigenvalue weighted by molar-refractivity contribution is 6.00. The van der Waals surface area contributed by atoms with Gasteiger partial charge in [-0.1, -0.05) is 245 Å². The summed E-state index contributed by atoms with van der Waals surface area (Å²) in [5.74, 6) is 0. The van der Waals surface area contributed by atoms with E-state index in [-0.39, 0.29) is 5.41 Å². The second-order valence-corrected chi connectivity index (χ2v) is 20.4. The Labute approximate surface area is 423 Å². The van der Waals surface area contributed by atoms with E-state index in [9.17, 15) is 0 Å². The molecule has 0 amide bonds. The van der Waals surface area contributed by atoms with E-state index >= 15 is 0 Å². The molecule has 1 heteroatoms. The predicted octanol–water partition coefficient (Wildman–Crippen LogP) is 19.3. The van der Waals surface area contributed by atoms with E-state index in [1.54, 1.807) is 0 Å². The van der Waals surface area contributed by atoms with Crippen molar-refractivity contribution in [1.29, 1.82) is 0 Å². The molecule has 0 bridgehead atoms.